The zero-order chi connectivity index (χ0) is 11.6. The third-order valence-corrected chi connectivity index (χ3v) is 4.51. The summed E-state index contributed by atoms with van der Waals surface area (Å²) in [5, 5.41) is 0. The van der Waals surface area contributed by atoms with Crippen LogP contribution in [0.5, 0.6) is 0 Å². The highest BCUT2D eigenvalue weighted by Crippen LogP contribution is 2.53. The highest BCUT2D eigenvalue weighted by atomic mass is 79.9. The van der Waals surface area contributed by atoms with Crippen LogP contribution in [-0.4, -0.2) is 4.32 Å². The largest absolute Gasteiger partial charge is 0.207 e. The van der Waals surface area contributed by atoms with Crippen LogP contribution in [0, 0.1) is 11.7 Å². The molecule has 0 bridgehead atoms. The van der Waals surface area contributed by atoms with Gasteiger partial charge in [0.1, 0.15) is 5.82 Å². The number of hydrogen-bond acceptors (Lipinski definition) is 0. The van der Waals surface area contributed by atoms with Gasteiger partial charge in [-0.1, -0.05) is 40.5 Å². The molecule has 0 amide bonds. The van der Waals surface area contributed by atoms with Gasteiger partial charge in [-0.3, -0.25) is 0 Å². The van der Waals surface area contributed by atoms with E-state index in [1.54, 1.807) is 12.1 Å². The molecule has 0 aromatic heterocycles. The molecule has 0 aliphatic heterocycles. The van der Waals surface area contributed by atoms with Crippen molar-refractivity contribution in [2.24, 2.45) is 5.92 Å². The lowest BCUT2D eigenvalue weighted by Gasteiger charge is -2.04. The highest BCUT2D eigenvalue weighted by Gasteiger charge is 2.46. The van der Waals surface area contributed by atoms with Crippen molar-refractivity contribution in [3.63, 3.8) is 0 Å². The Morgan fingerprint density at radius 2 is 2.06 bits per heavy atom. The van der Waals surface area contributed by atoms with Crippen LogP contribution in [-0.2, 0) is 6.42 Å². The molecule has 0 spiro atoms. The molecule has 2 heteroatoms. The van der Waals surface area contributed by atoms with Crippen LogP contribution in [0.2, 0.25) is 0 Å². The number of benzene rings is 1. The maximum absolute atomic E-state index is 13.3. The van der Waals surface area contributed by atoms with E-state index in [2.05, 4.69) is 22.9 Å². The quantitative estimate of drug-likeness (QED) is 0.543. The normalized spacial score (nSPS) is 28.1. The summed E-state index contributed by atoms with van der Waals surface area (Å²) >= 11 is 3.70. The number of hydrogen-bond donors (Lipinski definition) is 0. The first-order chi connectivity index (χ1) is 7.59. The highest BCUT2D eigenvalue weighted by molar-refractivity contribution is 9.10. The maximum atomic E-state index is 13.3. The Balaban J connectivity index is 1.67. The fourth-order valence-corrected chi connectivity index (χ4v) is 2.85. The van der Waals surface area contributed by atoms with Crippen LogP contribution in [0.3, 0.4) is 0 Å². The average molecular weight is 285 g/mol. The summed E-state index contributed by atoms with van der Waals surface area (Å²) in [6, 6.07) is 7.10. The number of alkyl halides is 1. The van der Waals surface area contributed by atoms with Crippen LogP contribution >= 0.6 is 15.9 Å². The van der Waals surface area contributed by atoms with Crippen LogP contribution in [0.15, 0.2) is 24.3 Å². The van der Waals surface area contributed by atoms with Gasteiger partial charge in [-0.05, 0) is 50.2 Å². The minimum Gasteiger partial charge on any atom is -0.207 e. The summed E-state index contributed by atoms with van der Waals surface area (Å²) in [6.45, 7) is 2.26. The number of unbranched alkanes of at least 4 members (excludes halogenated alkanes) is 1. The summed E-state index contributed by atoms with van der Waals surface area (Å²) in [7, 11) is 0. The summed E-state index contributed by atoms with van der Waals surface area (Å²) in [4.78, 5) is 0. The van der Waals surface area contributed by atoms with Crippen molar-refractivity contribution in [1.29, 1.82) is 0 Å². The molecule has 0 nitrogen and oxygen atoms in total. The van der Waals surface area contributed by atoms with E-state index in [1.807, 2.05) is 12.1 Å². The van der Waals surface area contributed by atoms with E-state index in [0.717, 1.165) is 24.3 Å². The lowest BCUT2D eigenvalue weighted by molar-refractivity contribution is 0.581. The summed E-state index contributed by atoms with van der Waals surface area (Å²) in [5.41, 5.74) is 0.861. The van der Waals surface area contributed by atoms with Gasteiger partial charge < -0.3 is 0 Å². The molecule has 2 atom stereocenters. The molecule has 2 unspecified atom stereocenters. The third-order valence-electron chi connectivity index (χ3n) is 3.54. The maximum Gasteiger partial charge on any atom is 0.126 e. The number of aryl methyl sites for hydroxylation is 1. The van der Waals surface area contributed by atoms with E-state index in [9.17, 15) is 4.39 Å². The Morgan fingerprint density at radius 3 is 2.69 bits per heavy atom. The van der Waals surface area contributed by atoms with Gasteiger partial charge in [0, 0.05) is 4.32 Å². The summed E-state index contributed by atoms with van der Waals surface area (Å²) in [6.07, 6.45) is 5.75. The van der Waals surface area contributed by atoms with Gasteiger partial charge in [0.15, 0.2) is 0 Å². The van der Waals surface area contributed by atoms with Gasteiger partial charge in [-0.15, -0.1) is 0 Å². The van der Waals surface area contributed by atoms with Crippen LogP contribution in [0.25, 0.3) is 0 Å². The number of halogens is 2. The van der Waals surface area contributed by atoms with E-state index in [-0.39, 0.29) is 5.82 Å². The fourth-order valence-electron chi connectivity index (χ4n) is 2.23. The second-order valence-corrected chi connectivity index (χ2v) is 6.83. The molecule has 0 heterocycles. The molecule has 1 saturated carbocycles. The molecule has 88 valence electrons. The smallest absolute Gasteiger partial charge is 0.126 e. The van der Waals surface area contributed by atoms with Crippen LogP contribution in [0.1, 0.15) is 38.2 Å². The first-order valence-corrected chi connectivity index (χ1v) is 6.81. The average Bonchev–Trinajstić information content (AvgIpc) is 2.84. The molecular weight excluding hydrogens is 267 g/mol. The fraction of sp³-hybridized carbons (Fsp3) is 0.571. The van der Waals surface area contributed by atoms with E-state index < -0.39 is 0 Å². The Morgan fingerprint density at radius 1 is 1.38 bits per heavy atom. The van der Waals surface area contributed by atoms with E-state index >= 15 is 0 Å². The first kappa shape index (κ1) is 12.1. The second kappa shape index (κ2) is 4.87. The standard InChI is InChI=1S/C14H18BrF/c1-14(15)10-12(14)8-4-2-6-11-7-3-5-9-13(11)16/h3,5,7,9,12H,2,4,6,8,10H2,1H3. The van der Waals surface area contributed by atoms with Crippen molar-refractivity contribution in [1.82, 2.24) is 0 Å². The zero-order valence-corrected chi connectivity index (χ0v) is 11.3. The predicted molar refractivity (Wildman–Crippen MR) is 69.4 cm³/mol. The molecule has 1 aliphatic rings. The Kier molecular flexibility index (Phi) is 3.68. The van der Waals surface area contributed by atoms with Crippen molar-refractivity contribution < 1.29 is 4.39 Å². The SMILES string of the molecule is CC1(Br)CC1CCCCc1ccccc1F. The Hall–Kier alpha value is -0.370. The van der Waals surface area contributed by atoms with Gasteiger partial charge in [0.25, 0.3) is 0 Å². The molecule has 0 radical (unpaired) electrons. The lowest BCUT2D eigenvalue weighted by Crippen LogP contribution is -1.95. The Bertz CT molecular complexity index is 360. The minimum absolute atomic E-state index is 0.0562. The van der Waals surface area contributed by atoms with Crippen LogP contribution < -0.4 is 0 Å². The second-order valence-electron chi connectivity index (χ2n) is 5.02. The molecule has 16 heavy (non-hydrogen) atoms. The van der Waals surface area contributed by atoms with Gasteiger partial charge in [0.05, 0.1) is 0 Å². The van der Waals surface area contributed by atoms with Gasteiger partial charge in [0.2, 0.25) is 0 Å². The van der Waals surface area contributed by atoms with Crippen molar-refractivity contribution in [2.45, 2.75) is 43.4 Å². The molecule has 1 fully saturated rings. The van der Waals surface area contributed by atoms with Crippen molar-refractivity contribution in [2.75, 3.05) is 0 Å². The third kappa shape index (κ3) is 3.07. The molecule has 1 aliphatic carbocycles. The summed E-state index contributed by atoms with van der Waals surface area (Å²) in [5.74, 6) is 0.785. The van der Waals surface area contributed by atoms with Crippen molar-refractivity contribution in [3.05, 3.63) is 35.6 Å². The zero-order valence-electron chi connectivity index (χ0n) is 9.68. The topological polar surface area (TPSA) is 0 Å². The van der Waals surface area contributed by atoms with Crippen molar-refractivity contribution in [3.8, 4) is 0 Å². The number of rotatable bonds is 5. The molecule has 0 saturated heterocycles. The van der Waals surface area contributed by atoms with Gasteiger partial charge in [-0.2, -0.15) is 0 Å². The molecule has 1 aromatic carbocycles. The summed E-state index contributed by atoms with van der Waals surface area (Å²) < 4.78 is 13.7. The van der Waals surface area contributed by atoms with Crippen LogP contribution in [0.4, 0.5) is 4.39 Å². The Labute approximate surface area is 105 Å². The molecule has 1 aromatic rings. The van der Waals surface area contributed by atoms with Gasteiger partial charge >= 0.3 is 0 Å². The van der Waals surface area contributed by atoms with E-state index in [0.29, 0.717) is 4.32 Å². The van der Waals surface area contributed by atoms with E-state index in [1.165, 1.54) is 19.3 Å². The molecule has 2 rings (SSSR count). The minimum atomic E-state index is -0.0562. The molecule has 0 N–H and O–H groups in total. The molecular formula is C14H18BrF. The van der Waals surface area contributed by atoms with E-state index in [4.69, 9.17) is 0 Å². The monoisotopic (exact) mass is 284 g/mol. The van der Waals surface area contributed by atoms with Gasteiger partial charge in [-0.25, -0.2) is 4.39 Å². The van der Waals surface area contributed by atoms with Crippen molar-refractivity contribution >= 4 is 15.9 Å². The first-order valence-electron chi connectivity index (χ1n) is 6.02. The predicted octanol–water partition coefficient (Wildman–Crippen LogP) is 4.71. The lowest BCUT2D eigenvalue weighted by atomic mass is 10.0.